The van der Waals surface area contributed by atoms with Crippen molar-refractivity contribution >= 4 is 5.97 Å². The summed E-state index contributed by atoms with van der Waals surface area (Å²) in [6, 6.07) is 0.182. The fourth-order valence-corrected chi connectivity index (χ4v) is 1.34. The van der Waals surface area contributed by atoms with E-state index in [2.05, 4.69) is 5.32 Å². The minimum Gasteiger partial charge on any atom is -0.430 e. The lowest BCUT2D eigenvalue weighted by Crippen LogP contribution is -2.31. The summed E-state index contributed by atoms with van der Waals surface area (Å²) in [7, 11) is 0. The molecular formula is C7H9NO2. The summed E-state index contributed by atoms with van der Waals surface area (Å²) in [5.74, 6) is 0.724. The third kappa shape index (κ3) is 0.827. The van der Waals surface area contributed by atoms with Gasteiger partial charge < -0.3 is 10.1 Å². The zero-order valence-corrected chi connectivity index (χ0v) is 5.59. The maximum atomic E-state index is 10.7. The molecule has 0 bridgehead atoms. The fourth-order valence-electron chi connectivity index (χ4n) is 1.34. The van der Waals surface area contributed by atoms with Crippen molar-refractivity contribution in [1.29, 1.82) is 0 Å². The summed E-state index contributed by atoms with van der Waals surface area (Å²) >= 11 is 0. The first-order chi connectivity index (χ1) is 4.86. The van der Waals surface area contributed by atoms with Crippen molar-refractivity contribution in [3.63, 3.8) is 0 Å². The Morgan fingerprint density at radius 2 is 2.60 bits per heavy atom. The van der Waals surface area contributed by atoms with Crippen LogP contribution in [0.25, 0.3) is 0 Å². The number of fused-ring (bicyclic) bond motifs is 1. The van der Waals surface area contributed by atoms with Gasteiger partial charge in [0.15, 0.2) is 0 Å². The highest BCUT2D eigenvalue weighted by Gasteiger charge is 2.30. The van der Waals surface area contributed by atoms with Crippen molar-refractivity contribution in [3.05, 3.63) is 11.8 Å². The van der Waals surface area contributed by atoms with Gasteiger partial charge in [-0.2, -0.15) is 0 Å². The summed E-state index contributed by atoms with van der Waals surface area (Å²) in [6.45, 7) is 0.963. The third-order valence-corrected chi connectivity index (χ3v) is 1.83. The minimum absolute atomic E-state index is 0.106. The molecule has 2 aliphatic heterocycles. The molecule has 1 atom stereocenters. The Morgan fingerprint density at radius 1 is 1.70 bits per heavy atom. The Balaban J connectivity index is 2.20. The van der Waals surface area contributed by atoms with Crippen LogP contribution in [0.15, 0.2) is 11.8 Å². The highest BCUT2D eigenvalue weighted by atomic mass is 16.5. The SMILES string of the molecule is O=C1CC2NCCC=C2O1. The third-order valence-electron chi connectivity index (χ3n) is 1.83. The van der Waals surface area contributed by atoms with Gasteiger partial charge in [-0.25, -0.2) is 0 Å². The van der Waals surface area contributed by atoms with E-state index in [0.29, 0.717) is 6.42 Å². The van der Waals surface area contributed by atoms with Crippen LogP contribution in [0.4, 0.5) is 0 Å². The van der Waals surface area contributed by atoms with Gasteiger partial charge in [0, 0.05) is 0 Å². The standard InChI is InChI=1S/C7H9NO2/c9-7-4-5-6(10-7)2-1-3-8-5/h2,5,8H,1,3-4H2. The molecule has 3 nitrogen and oxygen atoms in total. The van der Waals surface area contributed by atoms with Crippen molar-refractivity contribution in [2.75, 3.05) is 6.54 Å². The summed E-state index contributed by atoms with van der Waals surface area (Å²) in [5, 5.41) is 3.20. The van der Waals surface area contributed by atoms with E-state index in [0.717, 1.165) is 18.7 Å². The highest BCUT2D eigenvalue weighted by molar-refractivity contribution is 5.75. The molecule has 0 amide bonds. The first-order valence-electron chi connectivity index (χ1n) is 3.50. The lowest BCUT2D eigenvalue weighted by atomic mass is 10.1. The van der Waals surface area contributed by atoms with E-state index in [4.69, 9.17) is 4.74 Å². The molecule has 2 aliphatic rings. The van der Waals surface area contributed by atoms with Crippen molar-refractivity contribution in [3.8, 4) is 0 Å². The van der Waals surface area contributed by atoms with Crippen LogP contribution in [0.1, 0.15) is 12.8 Å². The number of hydrogen-bond acceptors (Lipinski definition) is 3. The summed E-state index contributed by atoms with van der Waals surface area (Å²) in [4.78, 5) is 10.7. The fraction of sp³-hybridized carbons (Fsp3) is 0.571. The Morgan fingerprint density at radius 3 is 3.40 bits per heavy atom. The lowest BCUT2D eigenvalue weighted by molar-refractivity contribution is -0.135. The summed E-state index contributed by atoms with van der Waals surface area (Å²) in [6.07, 6.45) is 3.47. The van der Waals surface area contributed by atoms with E-state index in [9.17, 15) is 4.79 Å². The number of carbonyl (C=O) groups excluding carboxylic acids is 1. The molecule has 10 heavy (non-hydrogen) atoms. The normalized spacial score (nSPS) is 31.0. The zero-order chi connectivity index (χ0) is 6.97. The van der Waals surface area contributed by atoms with E-state index in [-0.39, 0.29) is 12.0 Å². The lowest BCUT2D eigenvalue weighted by Gasteiger charge is -2.14. The number of ether oxygens (including phenoxy) is 1. The van der Waals surface area contributed by atoms with Crippen molar-refractivity contribution in [2.24, 2.45) is 0 Å². The minimum atomic E-state index is -0.106. The monoisotopic (exact) mass is 139 g/mol. The number of nitrogens with one attached hydrogen (secondary N) is 1. The molecule has 1 saturated heterocycles. The Labute approximate surface area is 59.1 Å². The predicted molar refractivity (Wildman–Crippen MR) is 35.2 cm³/mol. The van der Waals surface area contributed by atoms with E-state index < -0.39 is 0 Å². The Bertz CT molecular complexity index is 198. The molecule has 54 valence electrons. The van der Waals surface area contributed by atoms with Gasteiger partial charge in [-0.3, -0.25) is 4.79 Å². The first kappa shape index (κ1) is 5.92. The van der Waals surface area contributed by atoms with Gasteiger partial charge >= 0.3 is 5.97 Å². The maximum absolute atomic E-state index is 10.7. The second-order valence-corrected chi connectivity index (χ2v) is 2.58. The highest BCUT2D eigenvalue weighted by Crippen LogP contribution is 2.21. The van der Waals surface area contributed by atoms with E-state index in [1.54, 1.807) is 0 Å². The quantitative estimate of drug-likeness (QED) is 0.486. The second kappa shape index (κ2) is 2.09. The second-order valence-electron chi connectivity index (χ2n) is 2.58. The average Bonchev–Trinajstić information content (AvgIpc) is 2.27. The molecule has 1 N–H and O–H groups in total. The molecule has 0 aromatic rings. The van der Waals surface area contributed by atoms with Crippen LogP contribution in [0.3, 0.4) is 0 Å². The van der Waals surface area contributed by atoms with Gasteiger partial charge in [-0.15, -0.1) is 0 Å². The molecular weight excluding hydrogens is 130 g/mol. The molecule has 3 heteroatoms. The molecule has 0 radical (unpaired) electrons. The molecule has 1 unspecified atom stereocenters. The van der Waals surface area contributed by atoms with Crippen LogP contribution < -0.4 is 5.32 Å². The number of carbonyl (C=O) groups is 1. The summed E-state index contributed by atoms with van der Waals surface area (Å²) < 4.78 is 4.92. The smallest absolute Gasteiger partial charge is 0.312 e. The van der Waals surface area contributed by atoms with Gasteiger partial charge in [0.05, 0.1) is 12.5 Å². The molecule has 1 fully saturated rings. The largest absolute Gasteiger partial charge is 0.430 e. The van der Waals surface area contributed by atoms with E-state index >= 15 is 0 Å². The van der Waals surface area contributed by atoms with Crippen molar-refractivity contribution < 1.29 is 9.53 Å². The Kier molecular flexibility index (Phi) is 1.24. The Hall–Kier alpha value is -0.830. The number of rotatable bonds is 0. The molecule has 0 spiro atoms. The topological polar surface area (TPSA) is 38.3 Å². The number of hydrogen-bond donors (Lipinski definition) is 1. The van der Waals surface area contributed by atoms with Crippen LogP contribution in [0, 0.1) is 0 Å². The van der Waals surface area contributed by atoms with Crippen LogP contribution in [0.5, 0.6) is 0 Å². The van der Waals surface area contributed by atoms with Crippen LogP contribution >= 0.6 is 0 Å². The van der Waals surface area contributed by atoms with Gasteiger partial charge in [-0.05, 0) is 19.0 Å². The maximum Gasteiger partial charge on any atom is 0.312 e. The zero-order valence-electron chi connectivity index (χ0n) is 5.59. The molecule has 0 aromatic carbocycles. The number of esters is 1. The van der Waals surface area contributed by atoms with E-state index in [1.165, 1.54) is 0 Å². The molecule has 0 aromatic heterocycles. The van der Waals surface area contributed by atoms with Crippen molar-refractivity contribution in [1.82, 2.24) is 5.32 Å². The average molecular weight is 139 g/mol. The van der Waals surface area contributed by atoms with Gasteiger partial charge in [0.25, 0.3) is 0 Å². The van der Waals surface area contributed by atoms with Crippen LogP contribution in [-0.2, 0) is 9.53 Å². The summed E-state index contributed by atoms with van der Waals surface area (Å²) in [5.41, 5.74) is 0. The predicted octanol–water partition coefficient (Wildman–Crippen LogP) is 0.179. The first-order valence-corrected chi connectivity index (χ1v) is 3.50. The molecule has 2 rings (SSSR count). The van der Waals surface area contributed by atoms with E-state index in [1.807, 2.05) is 6.08 Å². The molecule has 0 saturated carbocycles. The molecule has 2 heterocycles. The van der Waals surface area contributed by atoms with Gasteiger partial charge in [0.1, 0.15) is 5.76 Å². The van der Waals surface area contributed by atoms with Gasteiger partial charge in [0.2, 0.25) is 0 Å². The van der Waals surface area contributed by atoms with Crippen LogP contribution in [-0.4, -0.2) is 18.6 Å². The van der Waals surface area contributed by atoms with Crippen molar-refractivity contribution in [2.45, 2.75) is 18.9 Å². The van der Waals surface area contributed by atoms with Crippen LogP contribution in [0.2, 0.25) is 0 Å². The van der Waals surface area contributed by atoms with Gasteiger partial charge in [-0.1, -0.05) is 0 Å². The molecule has 0 aliphatic carbocycles.